The summed E-state index contributed by atoms with van der Waals surface area (Å²) < 4.78 is 11.5. The zero-order chi connectivity index (χ0) is 21.4. The minimum Gasteiger partial charge on any atom is -0.463 e. The lowest BCUT2D eigenvalue weighted by atomic mass is 10.1. The molecule has 2 aliphatic carbocycles. The van der Waals surface area contributed by atoms with Crippen LogP contribution in [0.25, 0.3) is 22.2 Å². The summed E-state index contributed by atoms with van der Waals surface area (Å²) in [5.74, 6) is 2.60. The number of piperidine rings is 1. The van der Waals surface area contributed by atoms with Crippen LogP contribution in [0.4, 0.5) is 11.5 Å². The molecule has 160 valence electrons. The number of hydrogen-bond donors (Lipinski definition) is 2. The Labute approximate surface area is 184 Å². The van der Waals surface area contributed by atoms with Gasteiger partial charge >= 0.3 is 6.01 Å². The Hall–Kier alpha value is -3.65. The summed E-state index contributed by atoms with van der Waals surface area (Å²) in [5, 5.41) is 3.31. The fraction of sp³-hybridized carbons (Fsp3) is 0.292. The Morgan fingerprint density at radius 2 is 2.06 bits per heavy atom. The van der Waals surface area contributed by atoms with Crippen molar-refractivity contribution in [2.45, 2.75) is 12.5 Å². The molecule has 1 saturated carbocycles. The van der Waals surface area contributed by atoms with Crippen molar-refractivity contribution in [1.82, 2.24) is 15.0 Å². The molecule has 4 heterocycles. The van der Waals surface area contributed by atoms with E-state index in [9.17, 15) is 0 Å². The number of rotatable bonds is 4. The number of anilines is 2. The van der Waals surface area contributed by atoms with Crippen LogP contribution < -0.4 is 20.7 Å². The first kappa shape index (κ1) is 18.0. The molecule has 3 aliphatic rings. The van der Waals surface area contributed by atoms with E-state index in [0.29, 0.717) is 35.2 Å². The molecular weight excluding hydrogens is 404 g/mol. The molecule has 1 aromatic carbocycles. The van der Waals surface area contributed by atoms with E-state index < -0.39 is 0 Å². The van der Waals surface area contributed by atoms with Crippen LogP contribution in [-0.4, -0.2) is 41.1 Å². The van der Waals surface area contributed by atoms with Gasteiger partial charge in [-0.05, 0) is 29.0 Å². The molecule has 7 rings (SSSR count). The zero-order valence-corrected chi connectivity index (χ0v) is 17.6. The highest BCUT2D eigenvalue weighted by Gasteiger charge is 2.54. The van der Waals surface area contributed by atoms with E-state index >= 15 is 0 Å². The van der Waals surface area contributed by atoms with E-state index in [-0.39, 0.29) is 0 Å². The summed E-state index contributed by atoms with van der Waals surface area (Å²) in [5.41, 5.74) is 13.3. The van der Waals surface area contributed by atoms with E-state index in [4.69, 9.17) is 24.9 Å². The van der Waals surface area contributed by atoms with Gasteiger partial charge in [-0.1, -0.05) is 12.1 Å². The first-order chi connectivity index (χ1) is 15.7. The molecule has 0 bridgehead atoms. The van der Waals surface area contributed by atoms with E-state index in [2.05, 4.69) is 33.4 Å². The van der Waals surface area contributed by atoms with Crippen molar-refractivity contribution in [2.24, 2.45) is 17.6 Å². The van der Waals surface area contributed by atoms with Crippen molar-refractivity contribution in [3.05, 3.63) is 54.0 Å². The van der Waals surface area contributed by atoms with Gasteiger partial charge in [-0.25, -0.2) is 4.98 Å². The molecule has 8 heteroatoms. The van der Waals surface area contributed by atoms with E-state index in [0.717, 1.165) is 47.8 Å². The van der Waals surface area contributed by atoms with Crippen molar-refractivity contribution < 1.29 is 9.15 Å². The van der Waals surface area contributed by atoms with E-state index in [1.54, 1.807) is 12.5 Å². The third-order valence-electron chi connectivity index (χ3n) is 7.05. The Morgan fingerprint density at radius 3 is 2.91 bits per heavy atom. The summed E-state index contributed by atoms with van der Waals surface area (Å²) in [7, 11) is 1.95. The van der Waals surface area contributed by atoms with Crippen LogP contribution in [0.3, 0.4) is 0 Å². The maximum absolute atomic E-state index is 6.20. The Kier molecular flexibility index (Phi) is 3.61. The standard InChI is InChI=1S/C24H22N6O2/c1-26-17-4-2-3-13-14(17)8-19-21(13)23(30-10-15-16(11-30)22(15)25)29-24(28-19)32-12-7-20-18(27-9-12)5-6-31-20/h2-7,9,15-16,22,26H,8,10-11,25H2,1H3. The lowest BCUT2D eigenvalue weighted by Crippen LogP contribution is -2.29. The maximum Gasteiger partial charge on any atom is 0.324 e. The van der Waals surface area contributed by atoms with Gasteiger partial charge in [0.15, 0.2) is 11.3 Å². The van der Waals surface area contributed by atoms with Crippen molar-refractivity contribution in [2.75, 3.05) is 30.4 Å². The molecule has 4 aromatic rings. The maximum atomic E-state index is 6.20. The average Bonchev–Trinajstić information content (AvgIpc) is 3.30. The summed E-state index contributed by atoms with van der Waals surface area (Å²) in [4.78, 5) is 16.4. The molecule has 2 atom stereocenters. The highest BCUT2D eigenvalue weighted by molar-refractivity contribution is 5.88. The van der Waals surface area contributed by atoms with Crippen LogP contribution in [0.5, 0.6) is 11.8 Å². The fourth-order valence-electron chi connectivity index (χ4n) is 5.30. The van der Waals surface area contributed by atoms with E-state index in [1.807, 2.05) is 19.2 Å². The number of furan rings is 1. The number of nitrogens with one attached hydrogen (secondary N) is 1. The highest BCUT2D eigenvalue weighted by Crippen LogP contribution is 2.50. The lowest BCUT2D eigenvalue weighted by Gasteiger charge is -2.23. The van der Waals surface area contributed by atoms with Crippen molar-refractivity contribution in [3.8, 4) is 22.9 Å². The largest absolute Gasteiger partial charge is 0.463 e. The SMILES string of the molecule is CNc1cccc2c1Cc1nc(Oc3cnc4ccoc4c3)nc(N3CC4C(N)C4C3)c1-2. The smallest absolute Gasteiger partial charge is 0.324 e. The number of pyridine rings is 1. The molecule has 8 nitrogen and oxygen atoms in total. The third-order valence-corrected chi connectivity index (χ3v) is 7.05. The Morgan fingerprint density at radius 1 is 1.19 bits per heavy atom. The molecule has 0 amide bonds. The Balaban J connectivity index is 1.32. The Bertz CT molecular complexity index is 1370. The molecule has 0 radical (unpaired) electrons. The van der Waals surface area contributed by atoms with Crippen LogP contribution in [0.2, 0.25) is 0 Å². The van der Waals surface area contributed by atoms with Gasteiger partial charge in [0.2, 0.25) is 0 Å². The summed E-state index contributed by atoms with van der Waals surface area (Å²) in [6.45, 7) is 1.85. The lowest BCUT2D eigenvalue weighted by molar-refractivity contribution is 0.438. The quantitative estimate of drug-likeness (QED) is 0.451. The molecule has 0 spiro atoms. The number of hydrogen-bond acceptors (Lipinski definition) is 8. The van der Waals surface area contributed by atoms with Crippen LogP contribution >= 0.6 is 0 Å². The summed E-state index contributed by atoms with van der Waals surface area (Å²) >= 11 is 0. The molecule has 2 fully saturated rings. The molecule has 2 unspecified atom stereocenters. The molecule has 3 N–H and O–H groups in total. The topological polar surface area (TPSA) is 102 Å². The second kappa shape index (κ2) is 6.43. The molecular formula is C24H22N6O2. The molecule has 1 saturated heterocycles. The first-order valence-corrected chi connectivity index (χ1v) is 10.9. The van der Waals surface area contributed by atoms with Gasteiger partial charge < -0.3 is 25.1 Å². The third kappa shape index (κ3) is 2.56. The molecule has 32 heavy (non-hydrogen) atoms. The first-order valence-electron chi connectivity index (χ1n) is 10.9. The van der Waals surface area contributed by atoms with Gasteiger partial charge in [-0.3, -0.25) is 0 Å². The summed E-state index contributed by atoms with van der Waals surface area (Å²) in [6, 6.07) is 10.6. The van der Waals surface area contributed by atoms with Crippen LogP contribution in [-0.2, 0) is 6.42 Å². The van der Waals surface area contributed by atoms with Crippen molar-refractivity contribution in [1.29, 1.82) is 0 Å². The predicted molar refractivity (Wildman–Crippen MR) is 121 cm³/mol. The number of fused-ring (bicyclic) bond motifs is 5. The van der Waals surface area contributed by atoms with Gasteiger partial charge in [-0.15, -0.1) is 0 Å². The molecule has 1 aliphatic heterocycles. The van der Waals surface area contributed by atoms with Crippen molar-refractivity contribution >= 4 is 22.6 Å². The van der Waals surface area contributed by atoms with Crippen LogP contribution in [0, 0.1) is 11.8 Å². The number of nitrogens with two attached hydrogens (primary N) is 1. The minimum absolute atomic E-state index is 0.325. The van der Waals surface area contributed by atoms with Crippen LogP contribution in [0.1, 0.15) is 11.3 Å². The fourth-order valence-corrected chi connectivity index (χ4v) is 5.30. The number of benzene rings is 1. The van der Waals surface area contributed by atoms with Gasteiger partial charge in [-0.2, -0.15) is 9.97 Å². The summed E-state index contributed by atoms with van der Waals surface area (Å²) in [6.07, 6.45) is 4.03. The second-order valence-corrected chi connectivity index (χ2v) is 8.80. The zero-order valence-electron chi connectivity index (χ0n) is 17.6. The average molecular weight is 426 g/mol. The van der Waals surface area contributed by atoms with Crippen LogP contribution in [0.15, 0.2) is 47.2 Å². The van der Waals surface area contributed by atoms with E-state index in [1.165, 1.54) is 11.1 Å². The molecule has 3 aromatic heterocycles. The highest BCUT2D eigenvalue weighted by atomic mass is 16.5. The van der Waals surface area contributed by atoms with Gasteiger partial charge in [0.05, 0.1) is 18.2 Å². The number of aromatic nitrogens is 3. The van der Waals surface area contributed by atoms with Gasteiger partial charge in [0, 0.05) is 56.0 Å². The predicted octanol–water partition coefficient (Wildman–Crippen LogP) is 3.42. The van der Waals surface area contributed by atoms with Gasteiger partial charge in [0.1, 0.15) is 11.3 Å². The number of nitrogens with zero attached hydrogens (tertiary/aromatic N) is 4. The van der Waals surface area contributed by atoms with Gasteiger partial charge in [0.25, 0.3) is 0 Å². The second-order valence-electron chi connectivity index (χ2n) is 8.80. The number of ether oxygens (including phenoxy) is 1. The normalized spacial score (nSPS) is 22.6. The van der Waals surface area contributed by atoms with Crippen molar-refractivity contribution in [3.63, 3.8) is 0 Å². The minimum atomic E-state index is 0.325. The monoisotopic (exact) mass is 426 g/mol.